The molecule has 1 saturated heterocycles. The van der Waals surface area contributed by atoms with Crippen molar-refractivity contribution in [2.24, 2.45) is 0 Å². The van der Waals surface area contributed by atoms with Gasteiger partial charge < -0.3 is 14.8 Å². The topological polar surface area (TPSA) is 30.5 Å². The fourth-order valence-corrected chi connectivity index (χ4v) is 2.25. The van der Waals surface area contributed by atoms with Crippen molar-refractivity contribution in [2.75, 3.05) is 19.0 Å². The Bertz CT molecular complexity index is 392. The summed E-state index contributed by atoms with van der Waals surface area (Å²) in [5.74, 6) is -0.621. The summed E-state index contributed by atoms with van der Waals surface area (Å²) in [5.41, 5.74) is 3.37. The number of ether oxygens (including phenoxy) is 2. The van der Waals surface area contributed by atoms with Crippen molar-refractivity contribution in [3.05, 3.63) is 29.3 Å². The molecule has 1 aromatic carbocycles. The van der Waals surface area contributed by atoms with Crippen LogP contribution in [0.3, 0.4) is 0 Å². The highest BCUT2D eigenvalue weighted by atomic mass is 16.7. The summed E-state index contributed by atoms with van der Waals surface area (Å²) in [7, 11) is 1.92. The largest absolute Gasteiger partial charge is 0.388 e. The summed E-state index contributed by atoms with van der Waals surface area (Å²) in [6.45, 7) is 6.73. The molecular formula is C13H19NO2. The number of hydrogen-bond acceptors (Lipinski definition) is 3. The Morgan fingerprint density at radius 2 is 2.19 bits per heavy atom. The standard InChI is InChI=1S/C13H19NO2/c1-9-6-5-7-11(12(9)14-4)13(3)15-8-10(2)16-13/h5-7,10,14H,8H2,1-4H3. The van der Waals surface area contributed by atoms with Crippen LogP contribution in [0.5, 0.6) is 0 Å². The maximum absolute atomic E-state index is 5.87. The van der Waals surface area contributed by atoms with E-state index in [1.165, 1.54) is 5.56 Å². The minimum atomic E-state index is -0.621. The summed E-state index contributed by atoms with van der Waals surface area (Å²) in [6, 6.07) is 6.17. The molecule has 1 aliphatic rings. The van der Waals surface area contributed by atoms with E-state index in [9.17, 15) is 0 Å². The Labute approximate surface area is 96.8 Å². The SMILES string of the molecule is CNc1c(C)cccc1C1(C)OCC(C)O1. The van der Waals surface area contributed by atoms with Crippen molar-refractivity contribution in [1.82, 2.24) is 0 Å². The first-order valence-electron chi connectivity index (χ1n) is 5.66. The van der Waals surface area contributed by atoms with Crippen LogP contribution in [0.4, 0.5) is 5.69 Å². The molecule has 0 aliphatic carbocycles. The minimum Gasteiger partial charge on any atom is -0.388 e. The molecule has 16 heavy (non-hydrogen) atoms. The fourth-order valence-electron chi connectivity index (χ4n) is 2.25. The predicted octanol–water partition coefficient (Wildman–Crippen LogP) is 2.64. The van der Waals surface area contributed by atoms with Gasteiger partial charge in [0, 0.05) is 18.3 Å². The van der Waals surface area contributed by atoms with Crippen LogP contribution in [-0.4, -0.2) is 19.8 Å². The summed E-state index contributed by atoms with van der Waals surface area (Å²) < 4.78 is 11.6. The zero-order valence-corrected chi connectivity index (χ0v) is 10.3. The Morgan fingerprint density at radius 3 is 2.75 bits per heavy atom. The van der Waals surface area contributed by atoms with Crippen molar-refractivity contribution in [3.8, 4) is 0 Å². The van der Waals surface area contributed by atoms with Crippen molar-refractivity contribution >= 4 is 5.69 Å². The van der Waals surface area contributed by atoms with Crippen molar-refractivity contribution < 1.29 is 9.47 Å². The second-order valence-electron chi connectivity index (χ2n) is 4.43. The van der Waals surface area contributed by atoms with E-state index in [-0.39, 0.29) is 6.10 Å². The summed E-state index contributed by atoms with van der Waals surface area (Å²) in [6.07, 6.45) is 0.148. The number of nitrogens with one attached hydrogen (secondary N) is 1. The number of benzene rings is 1. The van der Waals surface area contributed by atoms with Crippen LogP contribution in [-0.2, 0) is 15.3 Å². The zero-order valence-electron chi connectivity index (χ0n) is 10.3. The van der Waals surface area contributed by atoms with Gasteiger partial charge in [0.1, 0.15) is 0 Å². The van der Waals surface area contributed by atoms with Crippen LogP contribution in [0.2, 0.25) is 0 Å². The molecule has 0 bridgehead atoms. The molecule has 2 unspecified atom stereocenters. The quantitative estimate of drug-likeness (QED) is 0.832. The van der Waals surface area contributed by atoms with E-state index in [4.69, 9.17) is 9.47 Å². The molecule has 0 spiro atoms. The van der Waals surface area contributed by atoms with E-state index < -0.39 is 5.79 Å². The first-order valence-corrected chi connectivity index (χ1v) is 5.66. The molecule has 1 aliphatic heterocycles. The van der Waals surface area contributed by atoms with E-state index >= 15 is 0 Å². The van der Waals surface area contributed by atoms with Gasteiger partial charge in [-0.25, -0.2) is 0 Å². The highest BCUT2D eigenvalue weighted by Crippen LogP contribution is 2.38. The molecule has 0 saturated carbocycles. The third kappa shape index (κ3) is 1.81. The van der Waals surface area contributed by atoms with Crippen LogP contribution < -0.4 is 5.32 Å². The predicted molar refractivity (Wildman–Crippen MR) is 64.6 cm³/mol. The molecule has 1 N–H and O–H groups in total. The molecular weight excluding hydrogens is 202 g/mol. The Kier molecular flexibility index (Phi) is 2.91. The summed E-state index contributed by atoms with van der Waals surface area (Å²) in [5, 5.41) is 3.22. The molecule has 1 aromatic rings. The molecule has 88 valence electrons. The van der Waals surface area contributed by atoms with Gasteiger partial charge in [0.05, 0.1) is 12.7 Å². The van der Waals surface area contributed by atoms with E-state index in [1.807, 2.05) is 27.0 Å². The van der Waals surface area contributed by atoms with Crippen LogP contribution in [0.15, 0.2) is 18.2 Å². The maximum Gasteiger partial charge on any atom is 0.194 e. The molecule has 3 heteroatoms. The smallest absolute Gasteiger partial charge is 0.194 e. The van der Waals surface area contributed by atoms with E-state index in [0.29, 0.717) is 6.61 Å². The van der Waals surface area contributed by atoms with Gasteiger partial charge in [0.2, 0.25) is 0 Å². The number of para-hydroxylation sites is 1. The number of aryl methyl sites for hydroxylation is 1. The van der Waals surface area contributed by atoms with Crippen molar-refractivity contribution in [2.45, 2.75) is 32.7 Å². The molecule has 3 nitrogen and oxygen atoms in total. The zero-order chi connectivity index (χ0) is 11.8. The third-order valence-electron chi connectivity index (χ3n) is 3.03. The van der Waals surface area contributed by atoms with Crippen LogP contribution in [0.1, 0.15) is 25.0 Å². The van der Waals surface area contributed by atoms with Gasteiger partial charge in [-0.05, 0) is 26.3 Å². The first kappa shape index (κ1) is 11.4. The minimum absolute atomic E-state index is 0.148. The molecule has 1 fully saturated rings. The second-order valence-corrected chi connectivity index (χ2v) is 4.43. The van der Waals surface area contributed by atoms with Crippen LogP contribution in [0, 0.1) is 6.92 Å². The lowest BCUT2D eigenvalue weighted by Crippen LogP contribution is -2.25. The van der Waals surface area contributed by atoms with Crippen molar-refractivity contribution in [1.29, 1.82) is 0 Å². The lowest BCUT2D eigenvalue weighted by atomic mass is 10.0. The highest BCUT2D eigenvalue weighted by molar-refractivity contribution is 5.58. The van der Waals surface area contributed by atoms with E-state index in [1.54, 1.807) is 0 Å². The van der Waals surface area contributed by atoms with Crippen molar-refractivity contribution in [3.63, 3.8) is 0 Å². The van der Waals surface area contributed by atoms with Crippen LogP contribution in [0.25, 0.3) is 0 Å². The average molecular weight is 221 g/mol. The van der Waals surface area contributed by atoms with Gasteiger partial charge in [-0.1, -0.05) is 18.2 Å². The number of hydrogen-bond donors (Lipinski definition) is 1. The molecule has 2 rings (SSSR count). The highest BCUT2D eigenvalue weighted by Gasteiger charge is 2.38. The molecule has 0 amide bonds. The maximum atomic E-state index is 5.87. The molecule has 1 heterocycles. The molecule has 2 atom stereocenters. The van der Waals surface area contributed by atoms with Gasteiger partial charge in [-0.3, -0.25) is 0 Å². The first-order chi connectivity index (χ1) is 7.57. The average Bonchev–Trinajstić information content (AvgIpc) is 2.59. The Morgan fingerprint density at radius 1 is 1.44 bits per heavy atom. The third-order valence-corrected chi connectivity index (χ3v) is 3.03. The normalized spacial score (nSPS) is 29.4. The van der Waals surface area contributed by atoms with Gasteiger partial charge in [0.25, 0.3) is 0 Å². The van der Waals surface area contributed by atoms with Gasteiger partial charge in [-0.15, -0.1) is 0 Å². The number of rotatable bonds is 2. The lowest BCUT2D eigenvalue weighted by molar-refractivity contribution is -0.159. The Hall–Kier alpha value is -1.06. The summed E-state index contributed by atoms with van der Waals surface area (Å²) in [4.78, 5) is 0. The number of anilines is 1. The summed E-state index contributed by atoms with van der Waals surface area (Å²) >= 11 is 0. The Balaban J connectivity index is 2.43. The van der Waals surface area contributed by atoms with Gasteiger partial charge >= 0.3 is 0 Å². The second kappa shape index (κ2) is 4.07. The molecule has 0 radical (unpaired) electrons. The van der Waals surface area contributed by atoms with Gasteiger partial charge in [0.15, 0.2) is 5.79 Å². The molecule has 0 aromatic heterocycles. The van der Waals surface area contributed by atoms with E-state index in [0.717, 1.165) is 11.3 Å². The lowest BCUT2D eigenvalue weighted by Gasteiger charge is -2.26. The van der Waals surface area contributed by atoms with Crippen LogP contribution >= 0.6 is 0 Å². The van der Waals surface area contributed by atoms with Gasteiger partial charge in [-0.2, -0.15) is 0 Å². The monoisotopic (exact) mass is 221 g/mol. The van der Waals surface area contributed by atoms with E-state index in [2.05, 4.69) is 24.4 Å². The fraction of sp³-hybridized carbons (Fsp3) is 0.538.